The van der Waals surface area contributed by atoms with E-state index < -0.39 is 0 Å². The third-order valence-electron chi connectivity index (χ3n) is 6.37. The van der Waals surface area contributed by atoms with Crippen molar-refractivity contribution in [2.24, 2.45) is 5.92 Å². The van der Waals surface area contributed by atoms with Gasteiger partial charge in [-0.3, -0.25) is 9.80 Å². The van der Waals surface area contributed by atoms with Crippen LogP contribution in [0.15, 0.2) is 18.2 Å². The van der Waals surface area contributed by atoms with Crippen molar-refractivity contribution in [3.05, 3.63) is 33.8 Å². The fourth-order valence-corrected chi connectivity index (χ4v) is 5.66. The van der Waals surface area contributed by atoms with Gasteiger partial charge in [0.2, 0.25) is 0 Å². The van der Waals surface area contributed by atoms with Crippen LogP contribution in [-0.2, 0) is 6.54 Å². The number of hydrogen-bond donors (Lipinski definition) is 0. The Morgan fingerprint density at radius 3 is 2.46 bits per heavy atom. The van der Waals surface area contributed by atoms with Gasteiger partial charge in [0.1, 0.15) is 0 Å². The van der Waals surface area contributed by atoms with Gasteiger partial charge in [0.05, 0.1) is 10.0 Å². The molecule has 2 aliphatic heterocycles. The lowest BCUT2D eigenvalue weighted by Gasteiger charge is -2.51. The Balaban J connectivity index is 1.54. The normalized spacial score (nSPS) is 32.0. The van der Waals surface area contributed by atoms with Crippen LogP contribution in [-0.4, -0.2) is 41.5 Å². The summed E-state index contributed by atoms with van der Waals surface area (Å²) in [6.45, 7) is 4.87. The van der Waals surface area contributed by atoms with Crippen LogP contribution in [0, 0.1) is 5.92 Å². The molecule has 1 aromatic rings. The van der Waals surface area contributed by atoms with Crippen molar-refractivity contribution < 1.29 is 0 Å². The van der Waals surface area contributed by atoms with Crippen LogP contribution in [0.3, 0.4) is 0 Å². The molecule has 2 nitrogen and oxygen atoms in total. The van der Waals surface area contributed by atoms with E-state index in [2.05, 4.69) is 21.9 Å². The highest BCUT2D eigenvalue weighted by molar-refractivity contribution is 6.42. The fraction of sp³-hybridized carbons (Fsp3) is 0.700. The zero-order chi connectivity index (χ0) is 16.5. The zero-order valence-corrected chi connectivity index (χ0v) is 15.9. The molecule has 4 heteroatoms. The number of rotatable bonds is 3. The standard InChI is InChI=1S/C20H28Cl2N2/c21-17-9-8-15(13-18(17)22)14-24-12-4-6-16-5-3-7-19(20(16)24)23-10-1-2-11-23/h8-9,13,16,19-20H,1-7,10-12,14H2. The van der Waals surface area contributed by atoms with Crippen molar-refractivity contribution in [2.75, 3.05) is 19.6 Å². The van der Waals surface area contributed by atoms with Crippen molar-refractivity contribution in [3.8, 4) is 0 Å². The Kier molecular flexibility index (Phi) is 5.38. The summed E-state index contributed by atoms with van der Waals surface area (Å²) in [5, 5.41) is 1.34. The van der Waals surface area contributed by atoms with E-state index in [0.29, 0.717) is 10.0 Å². The van der Waals surface area contributed by atoms with Gasteiger partial charge < -0.3 is 0 Å². The predicted octanol–water partition coefficient (Wildman–Crippen LogP) is 5.22. The second kappa shape index (κ2) is 7.53. The van der Waals surface area contributed by atoms with Gasteiger partial charge in [-0.15, -0.1) is 0 Å². The lowest BCUT2D eigenvalue weighted by Crippen LogP contribution is -2.58. The van der Waals surface area contributed by atoms with E-state index in [4.69, 9.17) is 23.2 Å². The van der Waals surface area contributed by atoms with Crippen molar-refractivity contribution in [2.45, 2.75) is 63.6 Å². The molecule has 0 aromatic heterocycles. The molecule has 0 amide bonds. The molecule has 3 atom stereocenters. The van der Waals surface area contributed by atoms with E-state index in [1.54, 1.807) is 0 Å². The SMILES string of the molecule is Clc1ccc(CN2CCCC3CCCC(N4CCCC4)C32)cc1Cl. The molecule has 1 aliphatic carbocycles. The first-order valence-electron chi connectivity index (χ1n) is 9.64. The van der Waals surface area contributed by atoms with E-state index in [0.717, 1.165) is 24.5 Å². The summed E-state index contributed by atoms with van der Waals surface area (Å²) in [7, 11) is 0. The molecule has 24 heavy (non-hydrogen) atoms. The van der Waals surface area contributed by atoms with Crippen LogP contribution in [0.1, 0.15) is 50.5 Å². The molecule has 132 valence electrons. The Labute approximate surface area is 156 Å². The minimum atomic E-state index is 0.657. The molecule has 1 aromatic carbocycles. The summed E-state index contributed by atoms with van der Waals surface area (Å²) in [5.74, 6) is 0.890. The molecule has 0 bridgehead atoms. The molecule has 2 saturated heterocycles. The second-order valence-electron chi connectivity index (χ2n) is 7.85. The van der Waals surface area contributed by atoms with Gasteiger partial charge in [-0.2, -0.15) is 0 Å². The number of nitrogens with zero attached hydrogens (tertiary/aromatic N) is 2. The lowest BCUT2D eigenvalue weighted by molar-refractivity contribution is -0.00976. The van der Waals surface area contributed by atoms with Gasteiger partial charge in [0.15, 0.2) is 0 Å². The Bertz CT molecular complexity index is 569. The van der Waals surface area contributed by atoms with E-state index in [1.807, 2.05) is 6.07 Å². The second-order valence-corrected chi connectivity index (χ2v) is 8.67. The molecule has 3 unspecified atom stereocenters. The highest BCUT2D eigenvalue weighted by atomic mass is 35.5. The first-order chi connectivity index (χ1) is 11.7. The van der Waals surface area contributed by atoms with E-state index in [1.165, 1.54) is 70.1 Å². The van der Waals surface area contributed by atoms with Gasteiger partial charge in [-0.05, 0) is 81.8 Å². The number of benzene rings is 1. The molecule has 3 aliphatic rings. The number of hydrogen-bond acceptors (Lipinski definition) is 2. The number of piperidine rings is 1. The van der Waals surface area contributed by atoms with E-state index in [-0.39, 0.29) is 0 Å². The number of likely N-dealkylation sites (tertiary alicyclic amines) is 2. The van der Waals surface area contributed by atoms with Crippen molar-refractivity contribution in [1.29, 1.82) is 0 Å². The lowest BCUT2D eigenvalue weighted by atomic mass is 9.74. The summed E-state index contributed by atoms with van der Waals surface area (Å²) in [4.78, 5) is 5.56. The van der Waals surface area contributed by atoms with Crippen molar-refractivity contribution >= 4 is 23.2 Å². The summed E-state index contributed by atoms with van der Waals surface area (Å²) >= 11 is 12.3. The maximum atomic E-state index is 6.24. The van der Waals surface area contributed by atoms with Crippen molar-refractivity contribution in [3.63, 3.8) is 0 Å². The summed E-state index contributed by atoms with van der Waals surface area (Å²) in [5.41, 5.74) is 1.30. The Morgan fingerprint density at radius 2 is 1.67 bits per heavy atom. The first-order valence-corrected chi connectivity index (χ1v) is 10.4. The Morgan fingerprint density at radius 1 is 0.875 bits per heavy atom. The summed E-state index contributed by atoms with van der Waals surface area (Å²) < 4.78 is 0. The smallest absolute Gasteiger partial charge is 0.0595 e. The summed E-state index contributed by atoms with van der Waals surface area (Å²) in [6, 6.07) is 7.65. The van der Waals surface area contributed by atoms with Crippen molar-refractivity contribution in [1.82, 2.24) is 9.80 Å². The van der Waals surface area contributed by atoms with Gasteiger partial charge in [-0.25, -0.2) is 0 Å². The van der Waals surface area contributed by atoms with Crippen LogP contribution in [0.25, 0.3) is 0 Å². The number of fused-ring (bicyclic) bond motifs is 1. The molecule has 0 spiro atoms. The molecule has 3 fully saturated rings. The monoisotopic (exact) mass is 366 g/mol. The Hall–Kier alpha value is -0.280. The zero-order valence-electron chi connectivity index (χ0n) is 14.4. The number of halogens is 2. The quantitative estimate of drug-likeness (QED) is 0.723. The average molecular weight is 367 g/mol. The summed E-state index contributed by atoms with van der Waals surface area (Å²) in [6.07, 6.45) is 9.78. The van der Waals surface area contributed by atoms with Crippen LogP contribution < -0.4 is 0 Å². The topological polar surface area (TPSA) is 6.48 Å². The molecule has 2 heterocycles. The highest BCUT2D eigenvalue weighted by Gasteiger charge is 2.42. The average Bonchev–Trinajstić information content (AvgIpc) is 3.12. The minimum absolute atomic E-state index is 0.657. The van der Waals surface area contributed by atoms with Gasteiger partial charge in [-0.1, -0.05) is 35.7 Å². The predicted molar refractivity (Wildman–Crippen MR) is 102 cm³/mol. The molecular formula is C20H28Cl2N2. The molecule has 0 N–H and O–H groups in total. The van der Waals surface area contributed by atoms with E-state index in [9.17, 15) is 0 Å². The first kappa shape index (κ1) is 17.1. The van der Waals surface area contributed by atoms with Crippen LogP contribution >= 0.6 is 23.2 Å². The largest absolute Gasteiger partial charge is 0.299 e. The van der Waals surface area contributed by atoms with Gasteiger partial charge in [0.25, 0.3) is 0 Å². The minimum Gasteiger partial charge on any atom is -0.299 e. The van der Waals surface area contributed by atoms with Crippen LogP contribution in [0.4, 0.5) is 0 Å². The van der Waals surface area contributed by atoms with Crippen LogP contribution in [0.5, 0.6) is 0 Å². The van der Waals surface area contributed by atoms with Crippen LogP contribution in [0.2, 0.25) is 10.0 Å². The van der Waals surface area contributed by atoms with E-state index >= 15 is 0 Å². The maximum Gasteiger partial charge on any atom is 0.0595 e. The fourth-order valence-electron chi connectivity index (χ4n) is 5.34. The van der Waals surface area contributed by atoms with Gasteiger partial charge in [0, 0.05) is 18.6 Å². The molecule has 1 saturated carbocycles. The molecule has 4 rings (SSSR count). The molecule has 0 radical (unpaired) electrons. The third-order valence-corrected chi connectivity index (χ3v) is 7.11. The van der Waals surface area contributed by atoms with Gasteiger partial charge >= 0.3 is 0 Å². The highest BCUT2D eigenvalue weighted by Crippen LogP contribution is 2.39. The molecular weight excluding hydrogens is 339 g/mol. The maximum absolute atomic E-state index is 6.24. The third kappa shape index (κ3) is 3.49.